The number of hydrogen-bond donors (Lipinski definition) is 1. The highest BCUT2D eigenvalue weighted by atomic mass is 16.5. The summed E-state index contributed by atoms with van der Waals surface area (Å²) >= 11 is 0. The van der Waals surface area contributed by atoms with Crippen LogP contribution in [-0.4, -0.2) is 24.0 Å². The van der Waals surface area contributed by atoms with Crippen LogP contribution < -0.4 is 4.74 Å². The van der Waals surface area contributed by atoms with Crippen LogP contribution in [0.2, 0.25) is 0 Å². The Morgan fingerprint density at radius 3 is 2.50 bits per heavy atom. The number of aliphatic carboxylic acids is 1. The molecule has 0 aliphatic heterocycles. The van der Waals surface area contributed by atoms with Crippen LogP contribution >= 0.6 is 0 Å². The number of carbonyl (C=O) groups excluding carboxylic acids is 1. The first-order valence-electron chi connectivity index (χ1n) is 6.09. The molecule has 0 heterocycles. The number of methoxy groups -OCH3 is 1. The molecular weight excluding hydrogens is 232 g/mol. The Kier molecular flexibility index (Phi) is 3.65. The van der Waals surface area contributed by atoms with Gasteiger partial charge >= 0.3 is 5.97 Å². The highest BCUT2D eigenvalue weighted by Gasteiger charge is 2.23. The quantitative estimate of drug-likeness (QED) is 0.657. The minimum absolute atomic E-state index is 0.227. The van der Waals surface area contributed by atoms with Crippen molar-refractivity contribution in [1.82, 2.24) is 0 Å². The molecule has 1 aromatic rings. The number of hydrogen-bond acceptors (Lipinski definition) is 3. The Morgan fingerprint density at radius 2 is 1.94 bits per heavy atom. The van der Waals surface area contributed by atoms with Gasteiger partial charge in [-0.15, -0.1) is 0 Å². The summed E-state index contributed by atoms with van der Waals surface area (Å²) in [7, 11) is 1.59. The van der Waals surface area contributed by atoms with E-state index in [4.69, 9.17) is 9.84 Å². The van der Waals surface area contributed by atoms with Crippen LogP contribution in [0.25, 0.3) is 0 Å². The van der Waals surface area contributed by atoms with Gasteiger partial charge in [0, 0.05) is 5.56 Å². The molecule has 1 aliphatic carbocycles. The molecule has 0 amide bonds. The molecule has 1 fully saturated rings. The summed E-state index contributed by atoms with van der Waals surface area (Å²) in [5, 5.41) is 8.74. The highest BCUT2D eigenvalue weighted by Crippen LogP contribution is 2.39. The summed E-state index contributed by atoms with van der Waals surface area (Å²) in [4.78, 5) is 22.2. The third-order valence-corrected chi connectivity index (χ3v) is 3.48. The number of ether oxygens (including phenoxy) is 1. The third kappa shape index (κ3) is 2.37. The molecule has 0 spiro atoms. The normalized spacial score (nSPS) is 15.6. The number of Topliss-reactive ketones (excluding diaryl/α,β-unsaturated/α-hetero) is 1. The Balaban J connectivity index is 2.38. The van der Waals surface area contributed by atoms with Gasteiger partial charge in [0.15, 0.2) is 0 Å². The summed E-state index contributed by atoms with van der Waals surface area (Å²) in [5.41, 5.74) is 1.19. The molecule has 2 rings (SSSR count). The van der Waals surface area contributed by atoms with E-state index >= 15 is 0 Å². The van der Waals surface area contributed by atoms with Crippen LogP contribution in [-0.2, 0) is 4.79 Å². The highest BCUT2D eigenvalue weighted by molar-refractivity contribution is 6.39. The zero-order valence-electron chi connectivity index (χ0n) is 10.3. The fourth-order valence-electron chi connectivity index (χ4n) is 2.55. The topological polar surface area (TPSA) is 63.6 Å². The SMILES string of the molecule is COc1ccc(C(=O)C(=O)O)cc1C1CCCC1. The fourth-order valence-corrected chi connectivity index (χ4v) is 2.55. The van der Waals surface area contributed by atoms with Gasteiger partial charge < -0.3 is 9.84 Å². The van der Waals surface area contributed by atoms with E-state index in [0.717, 1.165) is 24.2 Å². The Morgan fingerprint density at radius 1 is 1.28 bits per heavy atom. The van der Waals surface area contributed by atoms with Crippen molar-refractivity contribution in [3.63, 3.8) is 0 Å². The lowest BCUT2D eigenvalue weighted by atomic mass is 9.94. The van der Waals surface area contributed by atoms with Gasteiger partial charge in [-0.1, -0.05) is 12.8 Å². The molecule has 4 heteroatoms. The van der Waals surface area contributed by atoms with Gasteiger partial charge in [-0.2, -0.15) is 0 Å². The maximum absolute atomic E-state index is 11.5. The van der Waals surface area contributed by atoms with Crippen molar-refractivity contribution in [3.05, 3.63) is 29.3 Å². The summed E-state index contributed by atoms with van der Waals surface area (Å²) in [6.07, 6.45) is 4.48. The van der Waals surface area contributed by atoms with Crippen LogP contribution in [0.5, 0.6) is 5.75 Å². The summed E-state index contributed by atoms with van der Waals surface area (Å²) in [5.74, 6) is -1.17. The van der Waals surface area contributed by atoms with Crippen LogP contribution in [0.3, 0.4) is 0 Å². The Bertz CT molecular complexity index is 473. The number of rotatable bonds is 4. The number of benzene rings is 1. The molecule has 0 radical (unpaired) electrons. The van der Waals surface area contributed by atoms with E-state index in [-0.39, 0.29) is 5.56 Å². The van der Waals surface area contributed by atoms with Crippen molar-refractivity contribution in [3.8, 4) is 5.75 Å². The molecule has 0 bridgehead atoms. The molecule has 96 valence electrons. The van der Waals surface area contributed by atoms with Crippen molar-refractivity contribution < 1.29 is 19.4 Å². The van der Waals surface area contributed by atoms with Crippen LogP contribution in [0.4, 0.5) is 0 Å². The lowest BCUT2D eigenvalue weighted by molar-refractivity contribution is -0.131. The molecule has 1 aromatic carbocycles. The first-order valence-corrected chi connectivity index (χ1v) is 6.09. The second-order valence-electron chi connectivity index (χ2n) is 4.57. The van der Waals surface area contributed by atoms with Crippen molar-refractivity contribution >= 4 is 11.8 Å². The smallest absolute Gasteiger partial charge is 0.377 e. The van der Waals surface area contributed by atoms with Crippen molar-refractivity contribution in [2.75, 3.05) is 7.11 Å². The van der Waals surface area contributed by atoms with E-state index in [9.17, 15) is 9.59 Å². The lowest BCUT2D eigenvalue weighted by Gasteiger charge is -2.15. The molecule has 0 atom stereocenters. The van der Waals surface area contributed by atoms with E-state index in [1.54, 1.807) is 19.2 Å². The number of carboxylic acids is 1. The summed E-state index contributed by atoms with van der Waals surface area (Å²) in [6.45, 7) is 0. The Hall–Kier alpha value is -1.84. The number of ketones is 1. The molecular formula is C14H16O4. The van der Waals surface area contributed by atoms with Crippen molar-refractivity contribution in [1.29, 1.82) is 0 Å². The molecule has 1 saturated carbocycles. The maximum Gasteiger partial charge on any atom is 0.377 e. The number of carbonyl (C=O) groups is 2. The third-order valence-electron chi connectivity index (χ3n) is 3.48. The van der Waals surface area contributed by atoms with E-state index in [0.29, 0.717) is 5.92 Å². The zero-order chi connectivity index (χ0) is 13.1. The summed E-state index contributed by atoms with van der Waals surface area (Å²) < 4.78 is 5.29. The minimum Gasteiger partial charge on any atom is -0.496 e. The average molecular weight is 248 g/mol. The first kappa shape index (κ1) is 12.6. The van der Waals surface area contributed by atoms with E-state index in [1.165, 1.54) is 18.9 Å². The van der Waals surface area contributed by atoms with Gasteiger partial charge in [-0.05, 0) is 42.5 Å². The Labute approximate surface area is 106 Å². The largest absolute Gasteiger partial charge is 0.496 e. The summed E-state index contributed by atoms with van der Waals surface area (Å²) in [6, 6.07) is 4.86. The zero-order valence-corrected chi connectivity index (χ0v) is 10.3. The predicted molar refractivity (Wildman–Crippen MR) is 66.2 cm³/mol. The van der Waals surface area contributed by atoms with Gasteiger partial charge in [-0.25, -0.2) is 4.79 Å². The molecule has 1 aliphatic rings. The van der Waals surface area contributed by atoms with Gasteiger partial charge in [0.05, 0.1) is 7.11 Å². The van der Waals surface area contributed by atoms with Crippen molar-refractivity contribution in [2.45, 2.75) is 31.6 Å². The fraction of sp³-hybridized carbons (Fsp3) is 0.429. The van der Waals surface area contributed by atoms with E-state index in [2.05, 4.69) is 0 Å². The average Bonchev–Trinajstić information content (AvgIpc) is 2.90. The van der Waals surface area contributed by atoms with Crippen LogP contribution in [0, 0.1) is 0 Å². The van der Waals surface area contributed by atoms with Gasteiger partial charge in [-0.3, -0.25) is 4.79 Å². The molecule has 0 saturated heterocycles. The molecule has 18 heavy (non-hydrogen) atoms. The standard InChI is InChI=1S/C14H16O4/c1-18-12-7-6-10(13(15)14(16)17)8-11(12)9-4-2-3-5-9/h6-9H,2-5H2,1H3,(H,16,17). The molecule has 0 aromatic heterocycles. The second kappa shape index (κ2) is 5.21. The van der Waals surface area contributed by atoms with Gasteiger partial charge in [0.25, 0.3) is 5.78 Å². The molecule has 4 nitrogen and oxygen atoms in total. The maximum atomic E-state index is 11.5. The van der Waals surface area contributed by atoms with Crippen molar-refractivity contribution in [2.24, 2.45) is 0 Å². The van der Waals surface area contributed by atoms with Crippen LogP contribution in [0.15, 0.2) is 18.2 Å². The van der Waals surface area contributed by atoms with Gasteiger partial charge in [0.1, 0.15) is 5.75 Å². The van der Waals surface area contributed by atoms with Crippen LogP contribution in [0.1, 0.15) is 47.5 Å². The monoisotopic (exact) mass is 248 g/mol. The minimum atomic E-state index is -1.42. The van der Waals surface area contributed by atoms with Gasteiger partial charge in [0.2, 0.25) is 0 Å². The molecule has 0 unspecified atom stereocenters. The number of carboxylic acid groups (broad SMARTS) is 1. The van der Waals surface area contributed by atoms with E-state index < -0.39 is 11.8 Å². The van der Waals surface area contributed by atoms with E-state index in [1.807, 2.05) is 0 Å². The second-order valence-corrected chi connectivity index (χ2v) is 4.57. The molecule has 1 N–H and O–H groups in total. The lowest BCUT2D eigenvalue weighted by Crippen LogP contribution is -2.13. The predicted octanol–water partition coefficient (Wildman–Crippen LogP) is 2.62. The first-order chi connectivity index (χ1) is 8.63.